The maximum absolute atomic E-state index is 12.2. The van der Waals surface area contributed by atoms with Gasteiger partial charge < -0.3 is 14.4 Å². The molecule has 0 saturated carbocycles. The number of aliphatic carboxylic acids is 1. The topological polar surface area (TPSA) is 83.6 Å². The lowest BCUT2D eigenvalue weighted by molar-refractivity contribution is -0.141. The Morgan fingerprint density at radius 3 is 2.80 bits per heavy atom. The Bertz CT molecular complexity index is 965. The van der Waals surface area contributed by atoms with Gasteiger partial charge in [0.05, 0.1) is 16.6 Å². The number of carbonyl (C=O) groups excluding carboxylic acids is 1. The quantitative estimate of drug-likeness (QED) is 0.775. The largest absolute Gasteiger partial charge is 0.481 e. The SMILES string of the molecule is O=C(O)[C@H]1CC(=O)N(c2cc(-c3nc4ccccc4o3)ccc2Cl)C1. The van der Waals surface area contributed by atoms with Crippen LogP contribution in [0.5, 0.6) is 0 Å². The van der Waals surface area contributed by atoms with Crippen LogP contribution in [0.3, 0.4) is 0 Å². The highest BCUT2D eigenvalue weighted by atomic mass is 35.5. The minimum Gasteiger partial charge on any atom is -0.481 e. The number of halogens is 1. The van der Waals surface area contributed by atoms with Crippen molar-refractivity contribution < 1.29 is 19.1 Å². The van der Waals surface area contributed by atoms with Gasteiger partial charge in [-0.05, 0) is 30.3 Å². The van der Waals surface area contributed by atoms with Gasteiger partial charge in [0.15, 0.2) is 5.58 Å². The minimum atomic E-state index is -0.984. The fraction of sp³-hybridized carbons (Fsp3) is 0.167. The molecule has 0 bridgehead atoms. The van der Waals surface area contributed by atoms with Crippen LogP contribution in [0.2, 0.25) is 5.02 Å². The van der Waals surface area contributed by atoms with Gasteiger partial charge in [-0.3, -0.25) is 9.59 Å². The summed E-state index contributed by atoms with van der Waals surface area (Å²) >= 11 is 6.24. The summed E-state index contributed by atoms with van der Waals surface area (Å²) < 4.78 is 5.75. The van der Waals surface area contributed by atoms with E-state index in [1.165, 1.54) is 4.90 Å². The summed E-state index contributed by atoms with van der Waals surface area (Å²) in [6.45, 7) is 0.102. The third-order valence-corrected chi connectivity index (χ3v) is 4.57. The first kappa shape index (κ1) is 15.7. The molecule has 1 aliphatic rings. The lowest BCUT2D eigenvalue weighted by Gasteiger charge is -2.18. The summed E-state index contributed by atoms with van der Waals surface area (Å²) in [5.41, 5.74) is 2.53. The van der Waals surface area contributed by atoms with Crippen LogP contribution in [0.15, 0.2) is 46.9 Å². The maximum atomic E-state index is 12.2. The lowest BCUT2D eigenvalue weighted by Crippen LogP contribution is -2.26. The van der Waals surface area contributed by atoms with Crippen LogP contribution in [-0.4, -0.2) is 28.5 Å². The Hall–Kier alpha value is -2.86. The number of benzene rings is 2. The Kier molecular flexibility index (Phi) is 3.69. The Balaban J connectivity index is 1.74. The number of para-hydroxylation sites is 2. The number of aromatic nitrogens is 1. The third-order valence-electron chi connectivity index (χ3n) is 4.25. The van der Waals surface area contributed by atoms with Gasteiger partial charge in [0.1, 0.15) is 5.52 Å². The fourth-order valence-corrected chi connectivity index (χ4v) is 3.17. The van der Waals surface area contributed by atoms with Crippen LogP contribution in [0.4, 0.5) is 5.69 Å². The van der Waals surface area contributed by atoms with Crippen molar-refractivity contribution in [1.29, 1.82) is 0 Å². The van der Waals surface area contributed by atoms with E-state index in [1.807, 2.05) is 24.3 Å². The third kappa shape index (κ3) is 2.74. The van der Waals surface area contributed by atoms with Crippen molar-refractivity contribution in [2.24, 2.45) is 5.92 Å². The number of anilines is 1. The van der Waals surface area contributed by atoms with Crippen molar-refractivity contribution in [2.75, 3.05) is 11.4 Å². The molecule has 4 rings (SSSR count). The predicted octanol–water partition coefficient (Wildman–Crippen LogP) is 3.59. The predicted molar refractivity (Wildman–Crippen MR) is 92.6 cm³/mol. The molecule has 0 aliphatic carbocycles. The van der Waals surface area contributed by atoms with Gasteiger partial charge in [-0.15, -0.1) is 0 Å². The normalized spacial score (nSPS) is 17.4. The van der Waals surface area contributed by atoms with Crippen molar-refractivity contribution in [3.05, 3.63) is 47.5 Å². The zero-order valence-electron chi connectivity index (χ0n) is 13.0. The lowest BCUT2D eigenvalue weighted by atomic mass is 10.1. The van der Waals surface area contributed by atoms with Gasteiger partial charge in [-0.25, -0.2) is 4.98 Å². The van der Waals surface area contributed by atoms with Crippen LogP contribution in [-0.2, 0) is 9.59 Å². The van der Waals surface area contributed by atoms with Gasteiger partial charge in [-0.1, -0.05) is 23.7 Å². The number of rotatable bonds is 3. The highest BCUT2D eigenvalue weighted by Crippen LogP contribution is 2.35. The number of carbonyl (C=O) groups is 2. The van der Waals surface area contributed by atoms with Crippen LogP contribution in [0.1, 0.15) is 6.42 Å². The van der Waals surface area contributed by atoms with E-state index in [-0.39, 0.29) is 18.9 Å². The number of hydrogen-bond donors (Lipinski definition) is 1. The van der Waals surface area contributed by atoms with Crippen molar-refractivity contribution in [1.82, 2.24) is 4.98 Å². The second-order valence-electron chi connectivity index (χ2n) is 5.90. The molecule has 2 aromatic carbocycles. The maximum Gasteiger partial charge on any atom is 0.308 e. The monoisotopic (exact) mass is 356 g/mol. The fourth-order valence-electron chi connectivity index (χ4n) is 2.95. The number of fused-ring (bicyclic) bond motifs is 1. The second kappa shape index (κ2) is 5.89. The molecule has 1 aliphatic heterocycles. The molecule has 6 nitrogen and oxygen atoms in total. The van der Waals surface area contributed by atoms with Gasteiger partial charge in [0.2, 0.25) is 11.8 Å². The summed E-state index contributed by atoms with van der Waals surface area (Å²) in [5, 5.41) is 9.52. The van der Waals surface area contributed by atoms with Gasteiger partial charge in [0.25, 0.3) is 0 Å². The number of oxazole rings is 1. The number of carboxylic acids is 1. The van der Waals surface area contributed by atoms with E-state index in [4.69, 9.17) is 21.1 Å². The van der Waals surface area contributed by atoms with Crippen LogP contribution in [0.25, 0.3) is 22.6 Å². The van der Waals surface area contributed by atoms with E-state index >= 15 is 0 Å². The van der Waals surface area contributed by atoms with E-state index in [1.54, 1.807) is 18.2 Å². The summed E-state index contributed by atoms with van der Waals surface area (Å²) in [5.74, 6) is -1.55. The van der Waals surface area contributed by atoms with Gasteiger partial charge >= 0.3 is 5.97 Å². The molecule has 1 amide bonds. The van der Waals surface area contributed by atoms with E-state index in [0.717, 1.165) is 5.52 Å². The molecule has 1 atom stereocenters. The van der Waals surface area contributed by atoms with Crippen molar-refractivity contribution in [3.8, 4) is 11.5 Å². The van der Waals surface area contributed by atoms with Crippen LogP contribution in [0, 0.1) is 5.92 Å². The van der Waals surface area contributed by atoms with Crippen molar-refractivity contribution in [2.45, 2.75) is 6.42 Å². The molecule has 1 saturated heterocycles. The summed E-state index contributed by atoms with van der Waals surface area (Å²) in [4.78, 5) is 29.2. The number of amides is 1. The summed E-state index contributed by atoms with van der Waals surface area (Å²) in [7, 11) is 0. The van der Waals surface area contributed by atoms with E-state index in [0.29, 0.717) is 27.7 Å². The Labute approximate surface area is 147 Å². The van der Waals surface area contributed by atoms with E-state index < -0.39 is 11.9 Å². The number of hydrogen-bond acceptors (Lipinski definition) is 4. The molecule has 25 heavy (non-hydrogen) atoms. The average molecular weight is 357 g/mol. The molecule has 126 valence electrons. The van der Waals surface area contributed by atoms with E-state index in [9.17, 15) is 9.59 Å². The van der Waals surface area contributed by atoms with Crippen LogP contribution < -0.4 is 4.90 Å². The van der Waals surface area contributed by atoms with Crippen molar-refractivity contribution in [3.63, 3.8) is 0 Å². The Morgan fingerprint density at radius 2 is 2.08 bits per heavy atom. The first-order valence-corrected chi connectivity index (χ1v) is 8.09. The number of nitrogens with zero attached hydrogens (tertiary/aromatic N) is 2. The molecule has 2 heterocycles. The number of carboxylic acid groups (broad SMARTS) is 1. The summed E-state index contributed by atoms with van der Waals surface area (Å²) in [6.07, 6.45) is -0.0290. The van der Waals surface area contributed by atoms with Gasteiger partial charge in [0, 0.05) is 18.5 Å². The molecule has 0 spiro atoms. The molecule has 1 fully saturated rings. The highest BCUT2D eigenvalue weighted by Gasteiger charge is 2.36. The van der Waals surface area contributed by atoms with Gasteiger partial charge in [-0.2, -0.15) is 0 Å². The standard InChI is InChI=1S/C18H13ClN2O4/c19-12-6-5-10(17-20-13-3-1-2-4-15(13)25-17)7-14(12)21-9-11(18(23)24)8-16(21)22/h1-7,11H,8-9H2,(H,23,24)/t11-/m0/s1. The molecule has 1 N–H and O–H groups in total. The Morgan fingerprint density at radius 1 is 1.28 bits per heavy atom. The first-order valence-electron chi connectivity index (χ1n) is 7.71. The highest BCUT2D eigenvalue weighted by molar-refractivity contribution is 6.34. The zero-order valence-corrected chi connectivity index (χ0v) is 13.7. The van der Waals surface area contributed by atoms with E-state index in [2.05, 4.69) is 4.98 Å². The summed E-state index contributed by atoms with van der Waals surface area (Å²) in [6, 6.07) is 12.5. The minimum absolute atomic E-state index is 0.0290. The molecule has 3 aromatic rings. The second-order valence-corrected chi connectivity index (χ2v) is 6.30. The van der Waals surface area contributed by atoms with Crippen LogP contribution >= 0.6 is 11.6 Å². The molecular weight excluding hydrogens is 344 g/mol. The van der Waals surface area contributed by atoms with Crippen molar-refractivity contribution >= 4 is 40.3 Å². The first-order chi connectivity index (χ1) is 12.0. The molecular formula is C18H13ClN2O4. The smallest absolute Gasteiger partial charge is 0.308 e. The zero-order chi connectivity index (χ0) is 17.6. The molecule has 1 aromatic heterocycles. The molecule has 0 radical (unpaired) electrons. The average Bonchev–Trinajstić information content (AvgIpc) is 3.19. The molecule has 7 heteroatoms. The molecule has 0 unspecified atom stereocenters.